The van der Waals surface area contributed by atoms with Crippen molar-refractivity contribution in [2.75, 3.05) is 6.54 Å². The molecule has 1 aromatic carbocycles. The molecule has 0 bridgehead atoms. The van der Waals surface area contributed by atoms with Crippen LogP contribution in [-0.4, -0.2) is 51.4 Å². The molecule has 2 aromatic rings. The van der Waals surface area contributed by atoms with Gasteiger partial charge < -0.3 is 15.0 Å². The van der Waals surface area contributed by atoms with E-state index in [9.17, 15) is 27.8 Å². The van der Waals surface area contributed by atoms with E-state index < -0.39 is 25.5 Å². The largest absolute Gasteiger partial charge is 0.535 e. The molecule has 0 saturated carbocycles. The van der Waals surface area contributed by atoms with Crippen molar-refractivity contribution in [2.45, 2.75) is 57.7 Å². The zero-order valence-corrected chi connectivity index (χ0v) is 17.6. The summed E-state index contributed by atoms with van der Waals surface area (Å²) in [5.41, 5.74) is 1.67. The fourth-order valence-corrected chi connectivity index (χ4v) is 3.60. The summed E-state index contributed by atoms with van der Waals surface area (Å²) in [6, 6.07) is 5.17. The maximum atomic E-state index is 12.5. The summed E-state index contributed by atoms with van der Waals surface area (Å²) in [5, 5.41) is 21.0. The van der Waals surface area contributed by atoms with Gasteiger partial charge in [0.05, 0.1) is 17.5 Å². The van der Waals surface area contributed by atoms with Gasteiger partial charge >= 0.3 is 13.3 Å². The summed E-state index contributed by atoms with van der Waals surface area (Å²) in [5.74, 6) is -0.450. The summed E-state index contributed by atoms with van der Waals surface area (Å²) in [7, 11) is -1.21. The van der Waals surface area contributed by atoms with Gasteiger partial charge in [0, 0.05) is 25.2 Å². The zero-order chi connectivity index (χ0) is 23.3. The fraction of sp³-hybridized carbons (Fsp3) is 0.500. The number of alkyl halides is 3. The highest BCUT2D eigenvalue weighted by molar-refractivity contribution is 6.47. The third kappa shape index (κ3) is 6.63. The zero-order valence-electron chi connectivity index (χ0n) is 17.6. The van der Waals surface area contributed by atoms with Crippen molar-refractivity contribution in [1.29, 1.82) is 0 Å². The molecular formula is C20H24BF3N4O4. The third-order valence-corrected chi connectivity index (χ3v) is 5.13. The molecule has 0 spiro atoms. The molecule has 0 amide bonds. The molecule has 0 unspecified atom stereocenters. The van der Waals surface area contributed by atoms with Crippen LogP contribution in [0.15, 0.2) is 24.4 Å². The molecule has 1 aliphatic heterocycles. The quantitative estimate of drug-likeness (QED) is 0.324. The summed E-state index contributed by atoms with van der Waals surface area (Å²) in [4.78, 5) is 24.2. The SMILES string of the molecule is CC(=O)c1cccc2c1OB(O)[C@@H](CC(=O)Cn1cc(CNCCCC(F)(F)F)nn1)C2. The topological polar surface area (TPSA) is 106 Å². The van der Waals surface area contributed by atoms with Gasteiger partial charge in [-0.1, -0.05) is 17.3 Å². The number of hydrogen-bond donors (Lipinski definition) is 2. The molecule has 32 heavy (non-hydrogen) atoms. The van der Waals surface area contributed by atoms with Gasteiger partial charge in [-0.3, -0.25) is 9.59 Å². The molecule has 2 heterocycles. The minimum absolute atomic E-state index is 0.0288. The van der Waals surface area contributed by atoms with Crippen LogP contribution in [0.2, 0.25) is 5.82 Å². The lowest BCUT2D eigenvalue weighted by Crippen LogP contribution is -2.36. The van der Waals surface area contributed by atoms with E-state index in [0.717, 1.165) is 5.56 Å². The number of nitrogens with zero attached hydrogens (tertiary/aromatic N) is 3. The van der Waals surface area contributed by atoms with Crippen LogP contribution in [-0.2, 0) is 24.3 Å². The van der Waals surface area contributed by atoms with Crippen molar-refractivity contribution in [3.05, 3.63) is 41.2 Å². The smallest absolute Gasteiger partial charge is 0.526 e. The highest BCUT2D eigenvalue weighted by Crippen LogP contribution is 2.36. The molecule has 3 rings (SSSR count). The maximum absolute atomic E-state index is 12.5. The predicted molar refractivity (Wildman–Crippen MR) is 109 cm³/mol. The van der Waals surface area contributed by atoms with Crippen molar-refractivity contribution in [1.82, 2.24) is 20.3 Å². The average Bonchev–Trinajstić information content (AvgIpc) is 3.14. The Hall–Kier alpha value is -2.73. The highest BCUT2D eigenvalue weighted by atomic mass is 19.4. The number of carbonyl (C=O) groups excluding carboxylic acids is 2. The number of carbonyl (C=O) groups is 2. The number of para-hydroxylation sites is 1. The van der Waals surface area contributed by atoms with Crippen LogP contribution in [0.5, 0.6) is 5.75 Å². The van der Waals surface area contributed by atoms with E-state index in [-0.39, 0.29) is 44.0 Å². The fourth-order valence-electron chi connectivity index (χ4n) is 3.60. The summed E-state index contributed by atoms with van der Waals surface area (Å²) < 4.78 is 43.3. The second kappa shape index (κ2) is 10.3. The number of nitrogens with one attached hydrogen (secondary N) is 1. The van der Waals surface area contributed by atoms with Crippen molar-refractivity contribution >= 4 is 18.7 Å². The first-order valence-electron chi connectivity index (χ1n) is 10.3. The molecule has 1 aliphatic rings. The van der Waals surface area contributed by atoms with Gasteiger partial charge in [-0.2, -0.15) is 13.2 Å². The highest BCUT2D eigenvalue weighted by Gasteiger charge is 2.37. The molecular weight excluding hydrogens is 428 g/mol. The Kier molecular flexibility index (Phi) is 7.67. The summed E-state index contributed by atoms with van der Waals surface area (Å²) >= 11 is 0. The van der Waals surface area contributed by atoms with Crippen LogP contribution in [0.25, 0.3) is 0 Å². The van der Waals surface area contributed by atoms with E-state index in [1.54, 1.807) is 24.4 Å². The van der Waals surface area contributed by atoms with Gasteiger partial charge in [-0.15, -0.1) is 5.10 Å². The Morgan fingerprint density at radius 3 is 2.88 bits per heavy atom. The first-order valence-corrected chi connectivity index (χ1v) is 10.3. The van der Waals surface area contributed by atoms with Crippen molar-refractivity contribution in [2.24, 2.45) is 0 Å². The minimum atomic E-state index is -4.17. The van der Waals surface area contributed by atoms with Crippen LogP contribution in [0.4, 0.5) is 13.2 Å². The number of ketones is 2. The molecule has 8 nitrogen and oxygen atoms in total. The molecule has 1 atom stereocenters. The monoisotopic (exact) mass is 452 g/mol. The predicted octanol–water partition coefficient (Wildman–Crippen LogP) is 2.36. The maximum Gasteiger partial charge on any atom is 0.526 e. The lowest BCUT2D eigenvalue weighted by atomic mass is 9.64. The van der Waals surface area contributed by atoms with Gasteiger partial charge in [0.25, 0.3) is 0 Å². The molecule has 0 aliphatic carbocycles. The number of aromatic nitrogens is 3. The second-order valence-corrected chi connectivity index (χ2v) is 7.87. The number of rotatable bonds is 10. The van der Waals surface area contributed by atoms with Crippen molar-refractivity contribution < 1.29 is 32.4 Å². The van der Waals surface area contributed by atoms with Crippen molar-refractivity contribution in [3.63, 3.8) is 0 Å². The Balaban J connectivity index is 1.48. The average molecular weight is 452 g/mol. The molecule has 2 N–H and O–H groups in total. The molecule has 172 valence electrons. The first kappa shape index (κ1) is 23.9. The molecule has 12 heteroatoms. The van der Waals surface area contributed by atoms with Crippen LogP contribution >= 0.6 is 0 Å². The first-order chi connectivity index (χ1) is 15.1. The Morgan fingerprint density at radius 2 is 2.16 bits per heavy atom. The van der Waals surface area contributed by atoms with Crippen LogP contribution < -0.4 is 9.97 Å². The molecule has 1 aromatic heterocycles. The Labute approximate surface area is 183 Å². The minimum Gasteiger partial charge on any atom is -0.535 e. The van der Waals surface area contributed by atoms with E-state index in [1.807, 2.05) is 0 Å². The van der Waals surface area contributed by atoms with Gasteiger partial charge in [0.15, 0.2) is 11.6 Å². The summed E-state index contributed by atoms with van der Waals surface area (Å²) in [6.07, 6.45) is -3.04. The van der Waals surface area contributed by atoms with E-state index >= 15 is 0 Å². The van der Waals surface area contributed by atoms with E-state index in [1.165, 1.54) is 11.6 Å². The number of hydrogen-bond acceptors (Lipinski definition) is 7. The number of benzene rings is 1. The standard InChI is InChI=1S/C20H24BF3N4O4/c1-13(29)18-5-2-4-14-8-15(21(31)32-19(14)18)9-17(30)12-28-11-16(26-27-28)10-25-7-3-6-20(22,23)24/h2,4-5,11,15,25,31H,3,6-10,12H2,1H3/t15-/m1/s1. The second-order valence-electron chi connectivity index (χ2n) is 7.87. The van der Waals surface area contributed by atoms with Gasteiger partial charge in [0.2, 0.25) is 0 Å². The Morgan fingerprint density at radius 1 is 1.38 bits per heavy atom. The normalized spacial score (nSPS) is 15.9. The number of Topliss-reactive ketones (excluding diaryl/α,β-unsaturated/α-hetero) is 2. The van der Waals surface area contributed by atoms with Crippen molar-refractivity contribution in [3.8, 4) is 5.75 Å². The summed E-state index contributed by atoms with van der Waals surface area (Å²) in [6.45, 7) is 1.81. The lowest BCUT2D eigenvalue weighted by molar-refractivity contribution is -0.135. The van der Waals surface area contributed by atoms with Gasteiger partial charge in [0.1, 0.15) is 12.3 Å². The number of halogens is 3. The van der Waals surface area contributed by atoms with E-state index in [4.69, 9.17) is 4.65 Å². The van der Waals surface area contributed by atoms with Gasteiger partial charge in [-0.25, -0.2) is 4.68 Å². The van der Waals surface area contributed by atoms with E-state index in [0.29, 0.717) is 23.4 Å². The van der Waals surface area contributed by atoms with E-state index in [2.05, 4.69) is 15.6 Å². The lowest BCUT2D eigenvalue weighted by Gasteiger charge is -2.28. The van der Waals surface area contributed by atoms with Crippen LogP contribution in [0, 0.1) is 0 Å². The third-order valence-electron chi connectivity index (χ3n) is 5.13. The molecule has 0 radical (unpaired) electrons. The Bertz CT molecular complexity index is 967. The number of fused-ring (bicyclic) bond motifs is 1. The van der Waals surface area contributed by atoms with Crippen LogP contribution in [0.3, 0.4) is 0 Å². The molecule has 0 saturated heterocycles. The molecule has 0 fully saturated rings. The van der Waals surface area contributed by atoms with Crippen LogP contribution in [0.1, 0.15) is 47.8 Å². The van der Waals surface area contributed by atoms with Gasteiger partial charge in [-0.05, 0) is 37.9 Å².